The summed E-state index contributed by atoms with van der Waals surface area (Å²) in [7, 11) is 1.89. The standard InChI is InChI=1S/C12H19N3O/c1-10-4-3-5-11(8-10)14(2)12(16)15-7-6-13-9-15/h6-7,9-11H,3-5,8H2,1-2H3. The van der Waals surface area contributed by atoms with Crippen LogP contribution in [0.15, 0.2) is 18.7 Å². The number of carbonyl (C=O) groups excluding carboxylic acids is 1. The molecule has 16 heavy (non-hydrogen) atoms. The molecule has 4 heteroatoms. The highest BCUT2D eigenvalue weighted by molar-refractivity contribution is 5.76. The van der Waals surface area contributed by atoms with E-state index in [4.69, 9.17) is 0 Å². The van der Waals surface area contributed by atoms with Crippen LogP contribution >= 0.6 is 0 Å². The van der Waals surface area contributed by atoms with E-state index >= 15 is 0 Å². The first kappa shape index (κ1) is 11.2. The van der Waals surface area contributed by atoms with Crippen molar-refractivity contribution in [2.75, 3.05) is 7.05 Å². The van der Waals surface area contributed by atoms with E-state index < -0.39 is 0 Å². The molecule has 0 spiro atoms. The van der Waals surface area contributed by atoms with E-state index in [1.54, 1.807) is 23.3 Å². The minimum Gasteiger partial charge on any atom is -0.324 e. The number of nitrogens with zero attached hydrogens (tertiary/aromatic N) is 3. The van der Waals surface area contributed by atoms with E-state index in [1.807, 2.05) is 11.9 Å². The van der Waals surface area contributed by atoms with Crippen molar-refractivity contribution >= 4 is 6.03 Å². The topological polar surface area (TPSA) is 38.1 Å². The molecule has 2 rings (SSSR count). The van der Waals surface area contributed by atoms with Crippen molar-refractivity contribution in [1.82, 2.24) is 14.5 Å². The molecule has 0 aliphatic heterocycles. The van der Waals surface area contributed by atoms with Gasteiger partial charge in [0.2, 0.25) is 0 Å². The van der Waals surface area contributed by atoms with Crippen molar-refractivity contribution in [3.63, 3.8) is 0 Å². The number of hydrogen-bond acceptors (Lipinski definition) is 2. The zero-order chi connectivity index (χ0) is 11.5. The molecular weight excluding hydrogens is 202 g/mol. The van der Waals surface area contributed by atoms with Crippen LogP contribution in [-0.2, 0) is 0 Å². The first-order valence-electron chi connectivity index (χ1n) is 5.93. The van der Waals surface area contributed by atoms with Crippen LogP contribution in [-0.4, -0.2) is 33.6 Å². The van der Waals surface area contributed by atoms with Gasteiger partial charge in [-0.15, -0.1) is 0 Å². The molecule has 2 atom stereocenters. The highest BCUT2D eigenvalue weighted by atomic mass is 16.2. The summed E-state index contributed by atoms with van der Waals surface area (Å²) in [6, 6.07) is 0.412. The molecule has 1 amide bonds. The fourth-order valence-electron chi connectivity index (χ4n) is 2.46. The molecule has 4 nitrogen and oxygen atoms in total. The highest BCUT2D eigenvalue weighted by Gasteiger charge is 2.25. The third kappa shape index (κ3) is 2.26. The Balaban J connectivity index is 2.01. The number of hydrogen-bond donors (Lipinski definition) is 0. The van der Waals surface area contributed by atoms with Gasteiger partial charge in [0.05, 0.1) is 0 Å². The quantitative estimate of drug-likeness (QED) is 0.730. The van der Waals surface area contributed by atoms with E-state index in [0.717, 1.165) is 18.8 Å². The van der Waals surface area contributed by atoms with E-state index in [2.05, 4.69) is 11.9 Å². The molecule has 0 saturated heterocycles. The first-order valence-corrected chi connectivity index (χ1v) is 5.93. The van der Waals surface area contributed by atoms with Gasteiger partial charge >= 0.3 is 6.03 Å². The predicted molar refractivity (Wildman–Crippen MR) is 62.2 cm³/mol. The first-order chi connectivity index (χ1) is 7.68. The normalized spacial score (nSPS) is 25.4. The number of aromatic nitrogens is 2. The van der Waals surface area contributed by atoms with E-state index in [1.165, 1.54) is 12.8 Å². The molecule has 88 valence electrons. The van der Waals surface area contributed by atoms with E-state index in [0.29, 0.717) is 6.04 Å². The highest BCUT2D eigenvalue weighted by Crippen LogP contribution is 2.26. The smallest absolute Gasteiger partial charge is 0.324 e. The third-order valence-electron chi connectivity index (χ3n) is 3.48. The van der Waals surface area contributed by atoms with Crippen LogP contribution in [0.3, 0.4) is 0 Å². The van der Waals surface area contributed by atoms with Gasteiger partial charge in [0.1, 0.15) is 6.33 Å². The van der Waals surface area contributed by atoms with Gasteiger partial charge in [0.15, 0.2) is 0 Å². The fraction of sp³-hybridized carbons (Fsp3) is 0.667. The molecule has 1 heterocycles. The van der Waals surface area contributed by atoms with Crippen molar-refractivity contribution in [3.05, 3.63) is 18.7 Å². The Kier molecular flexibility index (Phi) is 3.27. The Labute approximate surface area is 96.3 Å². The van der Waals surface area contributed by atoms with Crippen molar-refractivity contribution < 1.29 is 4.79 Å². The van der Waals surface area contributed by atoms with Gasteiger partial charge in [0, 0.05) is 25.5 Å². The third-order valence-corrected chi connectivity index (χ3v) is 3.48. The van der Waals surface area contributed by atoms with Gasteiger partial charge in [-0.2, -0.15) is 0 Å². The average molecular weight is 221 g/mol. The van der Waals surface area contributed by atoms with Crippen LogP contribution in [0.5, 0.6) is 0 Å². The summed E-state index contributed by atoms with van der Waals surface area (Å²) < 4.78 is 1.54. The second-order valence-electron chi connectivity index (χ2n) is 4.79. The lowest BCUT2D eigenvalue weighted by Crippen LogP contribution is -2.41. The van der Waals surface area contributed by atoms with Gasteiger partial charge in [0.25, 0.3) is 0 Å². The molecule has 0 radical (unpaired) electrons. The van der Waals surface area contributed by atoms with Crippen LogP contribution < -0.4 is 0 Å². The average Bonchev–Trinajstić information content (AvgIpc) is 2.80. The van der Waals surface area contributed by atoms with Gasteiger partial charge in [-0.25, -0.2) is 9.78 Å². The maximum absolute atomic E-state index is 12.1. The Morgan fingerprint density at radius 2 is 2.31 bits per heavy atom. The molecular formula is C12H19N3O. The molecule has 1 aromatic heterocycles. The van der Waals surface area contributed by atoms with Gasteiger partial charge in [-0.05, 0) is 18.8 Å². The van der Waals surface area contributed by atoms with Gasteiger partial charge in [-0.1, -0.05) is 19.8 Å². The lowest BCUT2D eigenvalue weighted by atomic mass is 9.86. The van der Waals surface area contributed by atoms with E-state index in [-0.39, 0.29) is 6.03 Å². The molecule has 1 fully saturated rings. The molecule has 1 saturated carbocycles. The molecule has 0 bridgehead atoms. The summed E-state index contributed by atoms with van der Waals surface area (Å²) in [6.07, 6.45) is 9.67. The SMILES string of the molecule is CC1CCCC(N(C)C(=O)n2ccnc2)C1. The number of imidazole rings is 1. The molecule has 2 unspecified atom stereocenters. The molecule has 0 aromatic carbocycles. The molecule has 1 aromatic rings. The second kappa shape index (κ2) is 4.68. The van der Waals surface area contributed by atoms with Crippen LogP contribution in [0.2, 0.25) is 0 Å². The van der Waals surface area contributed by atoms with E-state index in [9.17, 15) is 4.79 Å². The lowest BCUT2D eigenvalue weighted by molar-refractivity contribution is 0.161. The Morgan fingerprint density at radius 1 is 1.50 bits per heavy atom. The minimum absolute atomic E-state index is 0.0246. The number of amides is 1. The Morgan fingerprint density at radius 3 is 2.94 bits per heavy atom. The zero-order valence-electron chi connectivity index (χ0n) is 9.97. The van der Waals surface area contributed by atoms with Crippen molar-refractivity contribution in [1.29, 1.82) is 0 Å². The van der Waals surface area contributed by atoms with Crippen LogP contribution in [0.4, 0.5) is 4.79 Å². The van der Waals surface area contributed by atoms with Crippen LogP contribution in [0, 0.1) is 5.92 Å². The van der Waals surface area contributed by atoms with Gasteiger partial charge in [-0.3, -0.25) is 4.57 Å². The van der Waals surface area contributed by atoms with Crippen molar-refractivity contribution in [3.8, 4) is 0 Å². The minimum atomic E-state index is 0.0246. The summed E-state index contributed by atoms with van der Waals surface area (Å²) in [6.45, 7) is 2.27. The van der Waals surface area contributed by atoms with Gasteiger partial charge < -0.3 is 4.90 Å². The Hall–Kier alpha value is -1.32. The summed E-state index contributed by atoms with van der Waals surface area (Å²) in [5, 5.41) is 0. The summed E-state index contributed by atoms with van der Waals surface area (Å²) >= 11 is 0. The second-order valence-corrected chi connectivity index (χ2v) is 4.79. The number of carbonyl (C=O) groups is 1. The van der Waals surface area contributed by atoms with Crippen molar-refractivity contribution in [2.24, 2.45) is 5.92 Å². The summed E-state index contributed by atoms with van der Waals surface area (Å²) in [5.41, 5.74) is 0. The summed E-state index contributed by atoms with van der Waals surface area (Å²) in [4.78, 5) is 17.8. The summed E-state index contributed by atoms with van der Waals surface area (Å²) in [5.74, 6) is 0.733. The maximum Gasteiger partial charge on any atom is 0.329 e. The monoisotopic (exact) mass is 221 g/mol. The van der Waals surface area contributed by atoms with Crippen molar-refractivity contribution in [2.45, 2.75) is 38.6 Å². The van der Waals surface area contributed by atoms with Crippen LogP contribution in [0.1, 0.15) is 32.6 Å². The molecule has 1 aliphatic rings. The maximum atomic E-state index is 12.1. The van der Waals surface area contributed by atoms with Crippen LogP contribution in [0.25, 0.3) is 0 Å². The fourth-order valence-corrected chi connectivity index (χ4v) is 2.46. The Bertz CT molecular complexity index is 347. The predicted octanol–water partition coefficient (Wildman–Crippen LogP) is 2.36. The largest absolute Gasteiger partial charge is 0.329 e. The number of rotatable bonds is 1. The zero-order valence-corrected chi connectivity index (χ0v) is 9.97. The molecule has 0 N–H and O–H groups in total. The lowest BCUT2D eigenvalue weighted by Gasteiger charge is -2.33. The molecule has 1 aliphatic carbocycles.